The molecule has 25 heavy (non-hydrogen) atoms. The van der Waals surface area contributed by atoms with Crippen LogP contribution in [0.15, 0.2) is 12.1 Å². The highest BCUT2D eigenvalue weighted by Crippen LogP contribution is 2.45. The first-order valence-electron chi connectivity index (χ1n) is 7.06. The monoisotopic (exact) mass is 368 g/mol. The van der Waals surface area contributed by atoms with Crippen molar-refractivity contribution in [2.24, 2.45) is 0 Å². The lowest BCUT2D eigenvalue weighted by molar-refractivity contribution is 0.102. The van der Waals surface area contributed by atoms with Crippen molar-refractivity contribution in [3.05, 3.63) is 33.8 Å². The van der Waals surface area contributed by atoms with Crippen LogP contribution in [0.5, 0.6) is 34.5 Å². The molecule has 2 aromatic carbocycles. The van der Waals surface area contributed by atoms with Crippen molar-refractivity contribution >= 4 is 17.4 Å². The van der Waals surface area contributed by atoms with E-state index in [1.807, 2.05) is 0 Å². The standard InChI is InChI=1S/C17H17ClO7/c1-7-12(9(23-2)5-8(19)15(7)20)16(21)13-10(24-3)6-11(25-4)14(18)17(13)22/h5-6,19-20,22H,1-4H3. The van der Waals surface area contributed by atoms with Crippen LogP contribution in [0.1, 0.15) is 21.5 Å². The maximum absolute atomic E-state index is 13.1. The van der Waals surface area contributed by atoms with E-state index in [9.17, 15) is 20.1 Å². The topological polar surface area (TPSA) is 105 Å². The number of methoxy groups -OCH3 is 3. The van der Waals surface area contributed by atoms with Gasteiger partial charge in [0.15, 0.2) is 17.2 Å². The minimum absolute atomic E-state index is 0.0196. The van der Waals surface area contributed by atoms with Crippen LogP contribution in [0.2, 0.25) is 5.02 Å². The number of carbonyl (C=O) groups excluding carboxylic acids is 1. The second-order valence-electron chi connectivity index (χ2n) is 5.09. The zero-order chi connectivity index (χ0) is 18.9. The van der Waals surface area contributed by atoms with Gasteiger partial charge in [-0.3, -0.25) is 4.79 Å². The minimum atomic E-state index is -0.705. The first kappa shape index (κ1) is 18.5. The number of rotatable bonds is 5. The summed E-state index contributed by atoms with van der Waals surface area (Å²) in [7, 11) is 3.98. The van der Waals surface area contributed by atoms with Gasteiger partial charge in [-0.05, 0) is 6.92 Å². The molecule has 0 fully saturated rings. The van der Waals surface area contributed by atoms with E-state index in [4.69, 9.17) is 25.8 Å². The second-order valence-corrected chi connectivity index (χ2v) is 5.47. The first-order chi connectivity index (χ1) is 11.8. The van der Waals surface area contributed by atoms with Gasteiger partial charge in [0, 0.05) is 17.7 Å². The van der Waals surface area contributed by atoms with Crippen LogP contribution < -0.4 is 14.2 Å². The molecule has 7 nitrogen and oxygen atoms in total. The van der Waals surface area contributed by atoms with Gasteiger partial charge in [0.25, 0.3) is 0 Å². The van der Waals surface area contributed by atoms with Gasteiger partial charge in [-0.25, -0.2) is 0 Å². The number of hydrogen-bond acceptors (Lipinski definition) is 7. The third-order valence-electron chi connectivity index (χ3n) is 3.77. The Morgan fingerprint density at radius 2 is 1.40 bits per heavy atom. The van der Waals surface area contributed by atoms with E-state index in [1.165, 1.54) is 34.3 Å². The van der Waals surface area contributed by atoms with Gasteiger partial charge in [0.05, 0.1) is 26.9 Å². The molecule has 8 heteroatoms. The van der Waals surface area contributed by atoms with Gasteiger partial charge >= 0.3 is 0 Å². The zero-order valence-corrected chi connectivity index (χ0v) is 14.8. The Bertz CT molecular complexity index is 846. The van der Waals surface area contributed by atoms with Crippen LogP contribution in [0.4, 0.5) is 0 Å². The molecule has 0 radical (unpaired) electrons. The smallest absolute Gasteiger partial charge is 0.204 e. The van der Waals surface area contributed by atoms with Crippen molar-refractivity contribution < 1.29 is 34.3 Å². The van der Waals surface area contributed by atoms with Gasteiger partial charge in [-0.2, -0.15) is 0 Å². The van der Waals surface area contributed by atoms with Gasteiger partial charge in [-0.1, -0.05) is 11.6 Å². The molecular formula is C17H17ClO7. The molecule has 0 aliphatic rings. The number of ketones is 1. The average Bonchev–Trinajstić information content (AvgIpc) is 2.60. The highest BCUT2D eigenvalue weighted by molar-refractivity contribution is 6.34. The molecule has 0 saturated carbocycles. The van der Waals surface area contributed by atoms with Crippen molar-refractivity contribution in [2.75, 3.05) is 21.3 Å². The summed E-state index contributed by atoms with van der Waals surface area (Å²) in [5.74, 6) is -1.97. The van der Waals surface area contributed by atoms with Gasteiger partial charge in [-0.15, -0.1) is 0 Å². The fourth-order valence-electron chi connectivity index (χ4n) is 2.45. The van der Waals surface area contributed by atoms with Crippen LogP contribution in [0, 0.1) is 6.92 Å². The van der Waals surface area contributed by atoms with Crippen molar-refractivity contribution in [2.45, 2.75) is 6.92 Å². The minimum Gasteiger partial charge on any atom is -0.505 e. The fourth-order valence-corrected chi connectivity index (χ4v) is 2.68. The van der Waals surface area contributed by atoms with Crippen LogP contribution in [-0.2, 0) is 0 Å². The van der Waals surface area contributed by atoms with Gasteiger partial charge < -0.3 is 29.5 Å². The third kappa shape index (κ3) is 2.98. The summed E-state index contributed by atoms with van der Waals surface area (Å²) in [6.07, 6.45) is 0. The average molecular weight is 369 g/mol. The lowest BCUT2D eigenvalue weighted by Crippen LogP contribution is -2.09. The van der Waals surface area contributed by atoms with E-state index in [0.717, 1.165) is 6.07 Å². The fraction of sp³-hybridized carbons (Fsp3) is 0.235. The number of ether oxygens (including phenoxy) is 3. The van der Waals surface area contributed by atoms with Crippen LogP contribution in [0.25, 0.3) is 0 Å². The maximum Gasteiger partial charge on any atom is 0.204 e. The lowest BCUT2D eigenvalue weighted by atomic mass is 9.95. The predicted molar refractivity (Wildman–Crippen MR) is 90.7 cm³/mol. The van der Waals surface area contributed by atoms with Crippen molar-refractivity contribution in [1.29, 1.82) is 0 Å². The second kappa shape index (κ2) is 6.98. The number of benzene rings is 2. The summed E-state index contributed by atoms with van der Waals surface area (Å²) < 4.78 is 15.3. The van der Waals surface area contributed by atoms with E-state index in [1.54, 1.807) is 0 Å². The van der Waals surface area contributed by atoms with E-state index >= 15 is 0 Å². The summed E-state index contributed by atoms with van der Waals surface area (Å²) >= 11 is 6.03. The molecule has 0 aliphatic carbocycles. The molecule has 0 bridgehead atoms. The molecule has 0 aromatic heterocycles. The molecule has 2 aromatic rings. The Morgan fingerprint density at radius 3 is 1.92 bits per heavy atom. The Kier molecular flexibility index (Phi) is 5.18. The quantitative estimate of drug-likeness (QED) is 0.550. The molecule has 0 heterocycles. The Labute approximate surface area is 149 Å². The zero-order valence-electron chi connectivity index (χ0n) is 14.0. The summed E-state index contributed by atoms with van der Waals surface area (Å²) in [6.45, 7) is 1.43. The van der Waals surface area contributed by atoms with E-state index in [2.05, 4.69) is 0 Å². The normalized spacial score (nSPS) is 10.4. The molecule has 134 valence electrons. The molecule has 0 aliphatic heterocycles. The van der Waals surface area contributed by atoms with Gasteiger partial charge in [0.2, 0.25) is 5.78 Å². The van der Waals surface area contributed by atoms with E-state index in [0.29, 0.717) is 0 Å². The maximum atomic E-state index is 13.1. The highest BCUT2D eigenvalue weighted by Gasteiger charge is 2.29. The van der Waals surface area contributed by atoms with Crippen LogP contribution in [-0.4, -0.2) is 42.4 Å². The SMILES string of the molecule is COc1cc(OC)c(C(=O)c2c(OC)cc(O)c(O)c2C)c(O)c1Cl. The number of carbonyl (C=O) groups is 1. The molecule has 0 saturated heterocycles. The van der Waals surface area contributed by atoms with E-state index < -0.39 is 23.0 Å². The van der Waals surface area contributed by atoms with Crippen LogP contribution in [0.3, 0.4) is 0 Å². The largest absolute Gasteiger partial charge is 0.505 e. The van der Waals surface area contributed by atoms with Crippen molar-refractivity contribution in [3.8, 4) is 34.5 Å². The summed E-state index contributed by atoms with van der Waals surface area (Å²) in [4.78, 5) is 13.1. The molecule has 3 N–H and O–H groups in total. The summed E-state index contributed by atoms with van der Waals surface area (Å²) in [5.41, 5.74) is -0.192. The molecule has 0 atom stereocenters. The molecule has 2 rings (SSSR count). The number of phenols is 3. The van der Waals surface area contributed by atoms with Crippen LogP contribution >= 0.6 is 11.6 Å². The Balaban J connectivity index is 2.79. The molecule has 0 amide bonds. The molecule has 0 unspecified atom stereocenters. The Hall–Kier alpha value is -2.80. The predicted octanol–water partition coefficient (Wildman–Crippen LogP) is 3.02. The summed E-state index contributed by atoms with van der Waals surface area (Å²) in [5, 5.41) is 29.8. The number of hydrogen-bond donors (Lipinski definition) is 3. The van der Waals surface area contributed by atoms with Crippen molar-refractivity contribution in [3.63, 3.8) is 0 Å². The number of aromatic hydroxyl groups is 3. The van der Waals surface area contributed by atoms with E-state index in [-0.39, 0.29) is 39.0 Å². The number of phenolic OH excluding ortho intramolecular Hbond substituents is 3. The first-order valence-corrected chi connectivity index (χ1v) is 7.43. The highest BCUT2D eigenvalue weighted by atomic mass is 35.5. The lowest BCUT2D eigenvalue weighted by Gasteiger charge is -2.17. The molecular weight excluding hydrogens is 352 g/mol. The van der Waals surface area contributed by atoms with Gasteiger partial charge in [0.1, 0.15) is 27.8 Å². The summed E-state index contributed by atoms with van der Waals surface area (Å²) in [6, 6.07) is 2.46. The number of halogens is 1. The Morgan fingerprint density at radius 1 is 0.880 bits per heavy atom. The molecule has 0 spiro atoms. The van der Waals surface area contributed by atoms with Crippen molar-refractivity contribution in [1.82, 2.24) is 0 Å². The third-order valence-corrected chi connectivity index (χ3v) is 4.14.